The Labute approximate surface area is 180 Å². The maximum absolute atomic E-state index is 12.6. The number of carbonyl (C=O) groups excluding carboxylic acids is 1. The van der Waals surface area contributed by atoms with Gasteiger partial charge in [0, 0.05) is 16.6 Å². The molecule has 0 atom stereocenters. The number of hydrogen-bond donors (Lipinski definition) is 1. The summed E-state index contributed by atoms with van der Waals surface area (Å²) in [5, 5.41) is 3.72. The number of anilines is 1. The van der Waals surface area contributed by atoms with E-state index in [1.165, 1.54) is 0 Å². The first kappa shape index (κ1) is 20.4. The molecule has 0 aliphatic heterocycles. The monoisotopic (exact) mass is 413 g/mol. The quantitative estimate of drug-likeness (QED) is 0.409. The van der Waals surface area contributed by atoms with Gasteiger partial charge in [0.25, 0.3) is 5.91 Å². The van der Waals surface area contributed by atoms with E-state index in [4.69, 9.17) is 9.15 Å². The SMILES string of the molecule is CC(C)COc1ccc(C(=O)Nc2cccc(-c3cc4ccccc4oc3=O)c2)cc1. The van der Waals surface area contributed by atoms with E-state index in [0.29, 0.717) is 40.5 Å². The fraction of sp³-hybridized carbons (Fsp3) is 0.154. The van der Waals surface area contributed by atoms with Gasteiger partial charge in [-0.25, -0.2) is 4.79 Å². The van der Waals surface area contributed by atoms with E-state index in [0.717, 1.165) is 11.1 Å². The number of nitrogens with one attached hydrogen (secondary N) is 1. The number of hydrogen-bond acceptors (Lipinski definition) is 4. The number of rotatable bonds is 6. The Balaban J connectivity index is 1.53. The zero-order valence-corrected chi connectivity index (χ0v) is 17.4. The molecule has 31 heavy (non-hydrogen) atoms. The van der Waals surface area contributed by atoms with Crippen LogP contribution in [0.25, 0.3) is 22.1 Å². The highest BCUT2D eigenvalue weighted by Gasteiger charge is 2.11. The summed E-state index contributed by atoms with van der Waals surface area (Å²) in [6.45, 7) is 4.79. The fourth-order valence-corrected chi connectivity index (χ4v) is 3.20. The van der Waals surface area contributed by atoms with Crippen molar-refractivity contribution in [3.8, 4) is 16.9 Å². The summed E-state index contributed by atoms with van der Waals surface area (Å²) < 4.78 is 11.1. The van der Waals surface area contributed by atoms with E-state index in [1.54, 1.807) is 54.6 Å². The number of carbonyl (C=O) groups is 1. The molecule has 4 rings (SSSR count). The molecule has 0 fully saturated rings. The van der Waals surface area contributed by atoms with Crippen molar-refractivity contribution in [2.24, 2.45) is 5.92 Å². The molecule has 0 spiro atoms. The molecule has 156 valence electrons. The van der Waals surface area contributed by atoms with Crippen LogP contribution in [0.2, 0.25) is 0 Å². The van der Waals surface area contributed by atoms with Gasteiger partial charge >= 0.3 is 5.63 Å². The zero-order chi connectivity index (χ0) is 21.8. The van der Waals surface area contributed by atoms with Gasteiger partial charge in [0.15, 0.2) is 0 Å². The molecular formula is C26H23NO4. The summed E-state index contributed by atoms with van der Waals surface area (Å²) >= 11 is 0. The first-order chi connectivity index (χ1) is 15.0. The predicted molar refractivity (Wildman–Crippen MR) is 123 cm³/mol. The number of fused-ring (bicyclic) bond motifs is 1. The van der Waals surface area contributed by atoms with Crippen molar-refractivity contribution < 1.29 is 13.9 Å². The molecule has 0 aliphatic rings. The maximum atomic E-state index is 12.6. The molecule has 1 aromatic heterocycles. The normalized spacial score (nSPS) is 10.9. The largest absolute Gasteiger partial charge is 0.493 e. The van der Waals surface area contributed by atoms with Gasteiger partial charge in [-0.15, -0.1) is 0 Å². The Kier molecular flexibility index (Phi) is 5.85. The van der Waals surface area contributed by atoms with Crippen LogP contribution in [0.3, 0.4) is 0 Å². The molecule has 0 saturated heterocycles. The highest BCUT2D eigenvalue weighted by atomic mass is 16.5. The Bertz CT molecular complexity index is 1270. The van der Waals surface area contributed by atoms with Crippen LogP contribution in [-0.4, -0.2) is 12.5 Å². The van der Waals surface area contributed by atoms with Crippen molar-refractivity contribution in [3.63, 3.8) is 0 Å². The zero-order valence-electron chi connectivity index (χ0n) is 17.4. The van der Waals surface area contributed by atoms with E-state index in [9.17, 15) is 9.59 Å². The average Bonchev–Trinajstić information content (AvgIpc) is 2.77. The maximum Gasteiger partial charge on any atom is 0.344 e. The van der Waals surface area contributed by atoms with Crippen LogP contribution >= 0.6 is 0 Å². The molecule has 1 amide bonds. The Hall–Kier alpha value is -3.86. The van der Waals surface area contributed by atoms with Crippen LogP contribution in [0.5, 0.6) is 5.75 Å². The lowest BCUT2D eigenvalue weighted by atomic mass is 10.1. The summed E-state index contributed by atoms with van der Waals surface area (Å²) in [7, 11) is 0. The van der Waals surface area contributed by atoms with E-state index in [1.807, 2.05) is 24.3 Å². The van der Waals surface area contributed by atoms with Crippen LogP contribution in [0.4, 0.5) is 5.69 Å². The van der Waals surface area contributed by atoms with Crippen molar-refractivity contribution >= 4 is 22.6 Å². The van der Waals surface area contributed by atoms with Crippen molar-refractivity contribution in [2.75, 3.05) is 11.9 Å². The molecular weight excluding hydrogens is 390 g/mol. The molecule has 0 bridgehead atoms. The molecule has 5 nitrogen and oxygen atoms in total. The lowest BCUT2D eigenvalue weighted by molar-refractivity contribution is 0.102. The highest BCUT2D eigenvalue weighted by molar-refractivity contribution is 6.04. The smallest absolute Gasteiger partial charge is 0.344 e. The van der Waals surface area contributed by atoms with Crippen LogP contribution in [0.1, 0.15) is 24.2 Å². The molecule has 1 N–H and O–H groups in total. The van der Waals surface area contributed by atoms with Gasteiger partial charge in [-0.05, 0) is 60.0 Å². The van der Waals surface area contributed by atoms with Crippen molar-refractivity contribution in [3.05, 3.63) is 94.8 Å². The number of amides is 1. The van der Waals surface area contributed by atoms with Crippen molar-refractivity contribution in [2.45, 2.75) is 13.8 Å². The van der Waals surface area contributed by atoms with Crippen LogP contribution in [-0.2, 0) is 0 Å². The third-order valence-electron chi connectivity index (χ3n) is 4.77. The van der Waals surface area contributed by atoms with Crippen LogP contribution in [0, 0.1) is 5.92 Å². The Morgan fingerprint density at radius 3 is 2.52 bits per heavy atom. The molecule has 1 heterocycles. The number of benzene rings is 3. The number of para-hydroxylation sites is 1. The first-order valence-electron chi connectivity index (χ1n) is 10.2. The van der Waals surface area contributed by atoms with Crippen LogP contribution < -0.4 is 15.7 Å². The summed E-state index contributed by atoms with van der Waals surface area (Å²) in [6, 6.07) is 23.4. The summed E-state index contributed by atoms with van der Waals surface area (Å²) in [6.07, 6.45) is 0. The minimum Gasteiger partial charge on any atom is -0.493 e. The molecule has 0 aliphatic carbocycles. The highest BCUT2D eigenvalue weighted by Crippen LogP contribution is 2.24. The van der Waals surface area contributed by atoms with Gasteiger partial charge in [0.2, 0.25) is 0 Å². The van der Waals surface area contributed by atoms with Gasteiger partial charge in [-0.1, -0.05) is 44.2 Å². The molecule has 3 aromatic carbocycles. The molecule has 0 saturated carbocycles. The van der Waals surface area contributed by atoms with E-state index in [-0.39, 0.29) is 5.91 Å². The first-order valence-corrected chi connectivity index (χ1v) is 10.2. The topological polar surface area (TPSA) is 68.5 Å². The second-order valence-electron chi connectivity index (χ2n) is 7.75. The van der Waals surface area contributed by atoms with Gasteiger partial charge in [-0.2, -0.15) is 0 Å². The predicted octanol–water partition coefficient (Wildman–Crippen LogP) is 5.75. The standard InChI is InChI=1S/C26H23NO4/c1-17(2)16-30-22-12-10-18(11-13-22)25(28)27-21-8-5-7-19(14-21)23-15-20-6-3-4-9-24(20)31-26(23)29/h3-15,17H,16H2,1-2H3,(H,27,28). The van der Waals surface area contributed by atoms with Gasteiger partial charge in [-0.3, -0.25) is 4.79 Å². The molecule has 5 heteroatoms. The van der Waals surface area contributed by atoms with E-state index >= 15 is 0 Å². The third kappa shape index (κ3) is 4.83. The Morgan fingerprint density at radius 1 is 0.968 bits per heavy atom. The van der Waals surface area contributed by atoms with Crippen molar-refractivity contribution in [1.82, 2.24) is 0 Å². The Morgan fingerprint density at radius 2 is 1.74 bits per heavy atom. The summed E-state index contributed by atoms with van der Waals surface area (Å²) in [5.41, 5.74) is 2.36. The van der Waals surface area contributed by atoms with Gasteiger partial charge in [0.05, 0.1) is 12.2 Å². The van der Waals surface area contributed by atoms with Crippen molar-refractivity contribution in [1.29, 1.82) is 0 Å². The molecule has 0 unspecified atom stereocenters. The lowest BCUT2D eigenvalue weighted by Crippen LogP contribution is -2.12. The minimum atomic E-state index is -0.417. The number of ether oxygens (including phenoxy) is 1. The fourth-order valence-electron chi connectivity index (χ4n) is 3.20. The van der Waals surface area contributed by atoms with Gasteiger partial charge in [0.1, 0.15) is 11.3 Å². The molecule has 4 aromatic rings. The third-order valence-corrected chi connectivity index (χ3v) is 4.77. The lowest BCUT2D eigenvalue weighted by Gasteiger charge is -2.10. The molecule has 0 radical (unpaired) electrons. The van der Waals surface area contributed by atoms with Crippen LogP contribution in [0.15, 0.2) is 88.1 Å². The minimum absolute atomic E-state index is 0.238. The summed E-state index contributed by atoms with van der Waals surface area (Å²) in [5.74, 6) is 0.925. The van der Waals surface area contributed by atoms with E-state index in [2.05, 4.69) is 19.2 Å². The second-order valence-corrected chi connectivity index (χ2v) is 7.75. The second kappa shape index (κ2) is 8.88. The van der Waals surface area contributed by atoms with E-state index < -0.39 is 5.63 Å². The average molecular weight is 413 g/mol. The van der Waals surface area contributed by atoms with Gasteiger partial charge < -0.3 is 14.5 Å². The summed E-state index contributed by atoms with van der Waals surface area (Å²) in [4.78, 5) is 25.1.